The summed E-state index contributed by atoms with van der Waals surface area (Å²) < 4.78 is 16.3. The van der Waals surface area contributed by atoms with E-state index < -0.39 is 0 Å². The van der Waals surface area contributed by atoms with Gasteiger partial charge in [0.25, 0.3) is 11.8 Å². The summed E-state index contributed by atoms with van der Waals surface area (Å²) in [7, 11) is 0. The summed E-state index contributed by atoms with van der Waals surface area (Å²) in [4.78, 5) is 27.7. The van der Waals surface area contributed by atoms with Crippen LogP contribution in [0, 0.1) is 0 Å². The highest BCUT2D eigenvalue weighted by atomic mass is 35.5. The van der Waals surface area contributed by atoms with Crippen molar-refractivity contribution in [2.75, 3.05) is 25.3 Å². The molecule has 2 aromatic carbocycles. The maximum atomic E-state index is 13.2. The van der Waals surface area contributed by atoms with E-state index in [1.54, 1.807) is 42.5 Å². The minimum atomic E-state index is -0.378. The van der Waals surface area contributed by atoms with Crippen LogP contribution >= 0.6 is 11.6 Å². The monoisotopic (exact) mass is 442 g/mol. The number of carbonyl (C=O) groups is 2. The van der Waals surface area contributed by atoms with Crippen LogP contribution < -0.4 is 14.8 Å². The lowest BCUT2D eigenvalue weighted by atomic mass is 10.0. The van der Waals surface area contributed by atoms with Crippen LogP contribution in [0.15, 0.2) is 48.2 Å². The van der Waals surface area contributed by atoms with E-state index in [1.165, 1.54) is 4.90 Å². The molecule has 0 bridgehead atoms. The fraction of sp³-hybridized carbons (Fsp3) is 0.304. The largest absolute Gasteiger partial charge is 0.454 e. The molecule has 0 saturated heterocycles. The summed E-state index contributed by atoms with van der Waals surface area (Å²) in [5.74, 6) is 0.494. The average Bonchev–Trinajstić information content (AvgIpc) is 3.29. The first-order valence-electron chi connectivity index (χ1n) is 10.1. The van der Waals surface area contributed by atoms with Gasteiger partial charge < -0.3 is 19.5 Å². The lowest BCUT2D eigenvalue weighted by molar-refractivity contribution is -0.137. The van der Waals surface area contributed by atoms with Crippen molar-refractivity contribution in [1.82, 2.24) is 4.90 Å². The van der Waals surface area contributed by atoms with Crippen LogP contribution in [0.1, 0.15) is 25.8 Å². The molecular weight excluding hydrogens is 420 g/mol. The molecule has 0 unspecified atom stereocenters. The number of benzene rings is 2. The topological polar surface area (TPSA) is 77.1 Å². The van der Waals surface area contributed by atoms with Crippen molar-refractivity contribution in [3.05, 3.63) is 58.7 Å². The molecule has 7 nitrogen and oxygen atoms in total. The Bertz CT molecular complexity index is 1030. The van der Waals surface area contributed by atoms with Crippen LogP contribution in [0.5, 0.6) is 11.5 Å². The molecule has 2 amide bonds. The van der Waals surface area contributed by atoms with Crippen LogP contribution in [-0.4, -0.2) is 42.8 Å². The lowest BCUT2D eigenvalue weighted by Gasteiger charge is -2.16. The number of halogens is 1. The number of nitrogens with one attached hydrogen (secondary N) is 1. The van der Waals surface area contributed by atoms with Crippen molar-refractivity contribution in [2.45, 2.75) is 26.4 Å². The first-order valence-corrected chi connectivity index (χ1v) is 10.5. The van der Waals surface area contributed by atoms with Crippen molar-refractivity contribution in [2.24, 2.45) is 0 Å². The van der Waals surface area contributed by atoms with Gasteiger partial charge in [0.15, 0.2) is 11.5 Å². The number of ether oxygens (including phenoxy) is 3. The number of nitrogens with zero attached hydrogens (tertiary/aromatic N) is 1. The summed E-state index contributed by atoms with van der Waals surface area (Å²) in [6.45, 7) is 4.78. The molecule has 162 valence electrons. The molecule has 2 aromatic rings. The molecule has 0 fully saturated rings. The highest BCUT2D eigenvalue weighted by Gasteiger charge is 2.39. The number of hydrogen-bond donors (Lipinski definition) is 1. The van der Waals surface area contributed by atoms with Gasteiger partial charge in [0.2, 0.25) is 6.79 Å². The van der Waals surface area contributed by atoms with Gasteiger partial charge in [0.05, 0.1) is 11.7 Å². The normalized spacial score (nSPS) is 15.4. The van der Waals surface area contributed by atoms with E-state index in [1.807, 2.05) is 13.8 Å². The second-order valence-corrected chi connectivity index (χ2v) is 7.92. The molecule has 0 aromatic heterocycles. The van der Waals surface area contributed by atoms with Crippen LogP contribution in [0.2, 0.25) is 5.02 Å². The van der Waals surface area contributed by atoms with E-state index in [4.69, 9.17) is 25.8 Å². The van der Waals surface area contributed by atoms with Crippen molar-refractivity contribution in [3.63, 3.8) is 0 Å². The summed E-state index contributed by atoms with van der Waals surface area (Å²) in [6, 6.07) is 12.1. The van der Waals surface area contributed by atoms with Crippen molar-refractivity contribution in [1.29, 1.82) is 0 Å². The third kappa shape index (κ3) is 4.52. The molecule has 31 heavy (non-hydrogen) atoms. The molecule has 0 aliphatic carbocycles. The number of imide groups is 1. The molecular formula is C23H23ClN2O5. The molecule has 0 saturated carbocycles. The van der Waals surface area contributed by atoms with E-state index >= 15 is 0 Å². The quantitative estimate of drug-likeness (QED) is 0.490. The third-order valence-corrected chi connectivity index (χ3v) is 5.17. The molecule has 2 heterocycles. The van der Waals surface area contributed by atoms with Crippen molar-refractivity contribution in [3.8, 4) is 11.5 Å². The summed E-state index contributed by atoms with van der Waals surface area (Å²) >= 11 is 6.01. The molecule has 4 rings (SSSR count). The Hall–Kier alpha value is -3.03. The van der Waals surface area contributed by atoms with Gasteiger partial charge >= 0.3 is 0 Å². The van der Waals surface area contributed by atoms with E-state index in [2.05, 4.69) is 5.32 Å². The van der Waals surface area contributed by atoms with Crippen LogP contribution in [0.25, 0.3) is 5.57 Å². The number of hydrogen-bond acceptors (Lipinski definition) is 6. The number of carbonyl (C=O) groups excluding carboxylic acids is 2. The predicted octanol–water partition coefficient (Wildman–Crippen LogP) is 4.08. The first kappa shape index (κ1) is 21.2. The fourth-order valence-corrected chi connectivity index (χ4v) is 3.57. The molecule has 8 heteroatoms. The van der Waals surface area contributed by atoms with E-state index in [0.717, 1.165) is 0 Å². The van der Waals surface area contributed by atoms with Crippen LogP contribution in [-0.2, 0) is 14.3 Å². The molecule has 1 N–H and O–H groups in total. The molecule has 0 atom stereocenters. The Morgan fingerprint density at radius 2 is 1.81 bits per heavy atom. The smallest absolute Gasteiger partial charge is 0.278 e. The van der Waals surface area contributed by atoms with Crippen LogP contribution in [0.4, 0.5) is 5.69 Å². The zero-order chi connectivity index (χ0) is 22.0. The van der Waals surface area contributed by atoms with Gasteiger partial charge in [-0.05, 0) is 50.1 Å². The van der Waals surface area contributed by atoms with Gasteiger partial charge in [-0.15, -0.1) is 0 Å². The van der Waals surface area contributed by atoms with E-state index in [0.29, 0.717) is 46.4 Å². The lowest BCUT2D eigenvalue weighted by Crippen LogP contribution is -2.34. The Balaban J connectivity index is 1.62. The van der Waals surface area contributed by atoms with E-state index in [9.17, 15) is 9.59 Å². The predicted molar refractivity (Wildman–Crippen MR) is 117 cm³/mol. The fourth-order valence-electron chi connectivity index (χ4n) is 3.44. The maximum Gasteiger partial charge on any atom is 0.278 e. The van der Waals surface area contributed by atoms with Gasteiger partial charge in [0, 0.05) is 29.9 Å². The summed E-state index contributed by atoms with van der Waals surface area (Å²) in [6.07, 6.45) is 0.650. The highest BCUT2D eigenvalue weighted by molar-refractivity contribution is 6.36. The van der Waals surface area contributed by atoms with Gasteiger partial charge in [-0.2, -0.15) is 0 Å². The Kier molecular flexibility index (Phi) is 6.15. The minimum absolute atomic E-state index is 0.0935. The van der Waals surface area contributed by atoms with Crippen molar-refractivity contribution >= 4 is 34.7 Å². The zero-order valence-electron chi connectivity index (χ0n) is 17.3. The van der Waals surface area contributed by atoms with Crippen LogP contribution in [0.3, 0.4) is 0 Å². The van der Waals surface area contributed by atoms with Gasteiger partial charge in [-0.1, -0.05) is 23.7 Å². The third-order valence-electron chi connectivity index (χ3n) is 4.92. The standard InChI is InChI=1S/C23H23ClN2O5/c1-14(2)29-11-3-10-26-22(27)20(15-4-6-16(24)7-5-15)21(23(26)28)25-17-8-9-18-19(12-17)31-13-30-18/h4-9,12,14,25H,3,10-11,13H2,1-2H3. The first-order chi connectivity index (χ1) is 14.9. The zero-order valence-corrected chi connectivity index (χ0v) is 18.1. The second-order valence-electron chi connectivity index (χ2n) is 7.48. The summed E-state index contributed by atoms with van der Waals surface area (Å²) in [5, 5.41) is 3.67. The Morgan fingerprint density at radius 1 is 1.06 bits per heavy atom. The Labute approximate surface area is 185 Å². The van der Waals surface area contributed by atoms with Crippen molar-refractivity contribution < 1.29 is 23.8 Å². The number of fused-ring (bicyclic) bond motifs is 1. The van der Waals surface area contributed by atoms with E-state index in [-0.39, 0.29) is 37.0 Å². The Morgan fingerprint density at radius 3 is 2.55 bits per heavy atom. The van der Waals surface area contributed by atoms with Gasteiger partial charge in [-0.3, -0.25) is 14.5 Å². The second kappa shape index (κ2) is 8.99. The number of amides is 2. The number of anilines is 1. The molecule has 0 spiro atoms. The molecule has 2 aliphatic heterocycles. The van der Waals surface area contributed by atoms with Gasteiger partial charge in [0.1, 0.15) is 5.70 Å². The minimum Gasteiger partial charge on any atom is -0.454 e. The van der Waals surface area contributed by atoms with Gasteiger partial charge in [-0.25, -0.2) is 0 Å². The highest BCUT2D eigenvalue weighted by Crippen LogP contribution is 2.36. The molecule has 0 radical (unpaired) electrons. The maximum absolute atomic E-state index is 13.2. The number of rotatable bonds is 8. The average molecular weight is 443 g/mol. The SMILES string of the molecule is CC(C)OCCCN1C(=O)C(Nc2ccc3c(c2)OCO3)=C(c2ccc(Cl)cc2)C1=O. The molecule has 2 aliphatic rings. The summed E-state index contributed by atoms with van der Waals surface area (Å²) in [5.41, 5.74) is 1.77.